The van der Waals surface area contributed by atoms with Gasteiger partial charge >= 0.3 is 5.97 Å². The number of allylic oxidation sites excluding steroid dienone is 3. The van der Waals surface area contributed by atoms with Gasteiger partial charge in [0.25, 0.3) is 0 Å². The molecule has 6 heteroatoms. The predicted molar refractivity (Wildman–Crippen MR) is 329 cm³/mol. The van der Waals surface area contributed by atoms with Gasteiger partial charge in [0, 0.05) is 12.8 Å². The Labute approximate surface area is 469 Å². The second-order valence-electron chi connectivity index (χ2n) is 23.5. The van der Waals surface area contributed by atoms with Crippen LogP contribution >= 0.6 is 0 Å². The predicted octanol–water partition coefficient (Wildman–Crippen LogP) is 21.8. The number of aliphatic hydroxyl groups excluding tert-OH is 2. The van der Waals surface area contributed by atoms with Gasteiger partial charge in [0.05, 0.1) is 25.4 Å². The fourth-order valence-electron chi connectivity index (χ4n) is 10.7. The van der Waals surface area contributed by atoms with E-state index < -0.39 is 12.1 Å². The molecule has 444 valence electrons. The molecule has 0 bridgehead atoms. The lowest BCUT2D eigenvalue weighted by Gasteiger charge is -2.20. The molecular formula is C69H133NO5. The molecule has 0 heterocycles. The number of aliphatic hydroxyl groups is 2. The van der Waals surface area contributed by atoms with E-state index in [0.717, 1.165) is 38.5 Å². The molecule has 0 aromatic heterocycles. The van der Waals surface area contributed by atoms with Crippen LogP contribution in [-0.2, 0) is 14.3 Å². The van der Waals surface area contributed by atoms with Crippen molar-refractivity contribution in [3.05, 3.63) is 24.3 Å². The molecule has 0 aliphatic carbocycles. The van der Waals surface area contributed by atoms with E-state index in [1.54, 1.807) is 6.08 Å². The Balaban J connectivity index is 3.40. The third-order valence-electron chi connectivity index (χ3n) is 16.0. The number of carbonyl (C=O) groups is 2. The summed E-state index contributed by atoms with van der Waals surface area (Å²) in [5.41, 5.74) is 0. The quantitative estimate of drug-likeness (QED) is 0.0320. The van der Waals surface area contributed by atoms with Gasteiger partial charge in [-0.25, -0.2) is 0 Å². The molecule has 2 unspecified atom stereocenters. The van der Waals surface area contributed by atoms with Gasteiger partial charge in [0.2, 0.25) is 5.91 Å². The number of rotatable bonds is 64. The van der Waals surface area contributed by atoms with Gasteiger partial charge in [-0.05, 0) is 57.8 Å². The molecule has 0 aromatic carbocycles. The van der Waals surface area contributed by atoms with Crippen LogP contribution < -0.4 is 5.32 Å². The Hall–Kier alpha value is -1.66. The average molecular weight is 1060 g/mol. The molecule has 0 aromatic rings. The largest absolute Gasteiger partial charge is 0.466 e. The van der Waals surface area contributed by atoms with E-state index in [-0.39, 0.29) is 18.5 Å². The Kier molecular flexibility index (Phi) is 63.4. The van der Waals surface area contributed by atoms with Gasteiger partial charge in [0.15, 0.2) is 0 Å². The summed E-state index contributed by atoms with van der Waals surface area (Å²) in [6.45, 7) is 4.94. The summed E-state index contributed by atoms with van der Waals surface area (Å²) >= 11 is 0. The maximum atomic E-state index is 12.5. The van der Waals surface area contributed by atoms with Crippen LogP contribution in [0.1, 0.15) is 380 Å². The Bertz CT molecular complexity index is 1170. The smallest absolute Gasteiger partial charge is 0.305 e. The van der Waals surface area contributed by atoms with Crippen molar-refractivity contribution in [3.63, 3.8) is 0 Å². The fourth-order valence-corrected chi connectivity index (χ4v) is 10.7. The fraction of sp³-hybridized carbons (Fsp3) is 0.913. The van der Waals surface area contributed by atoms with Crippen molar-refractivity contribution in [3.8, 4) is 0 Å². The molecule has 2 atom stereocenters. The molecule has 0 aliphatic rings. The molecule has 0 spiro atoms. The minimum absolute atomic E-state index is 0.0174. The summed E-state index contributed by atoms with van der Waals surface area (Å²) < 4.78 is 5.50. The summed E-state index contributed by atoms with van der Waals surface area (Å²) in [5, 5.41) is 23.2. The zero-order valence-corrected chi connectivity index (χ0v) is 50.8. The third kappa shape index (κ3) is 61.4. The molecule has 3 N–H and O–H groups in total. The summed E-state index contributed by atoms with van der Waals surface area (Å²) in [7, 11) is 0. The van der Waals surface area contributed by atoms with Gasteiger partial charge in [-0.3, -0.25) is 9.59 Å². The first-order chi connectivity index (χ1) is 37.0. The van der Waals surface area contributed by atoms with Gasteiger partial charge in [0.1, 0.15) is 0 Å². The van der Waals surface area contributed by atoms with E-state index in [9.17, 15) is 19.8 Å². The number of nitrogens with one attached hydrogen (secondary N) is 1. The molecule has 75 heavy (non-hydrogen) atoms. The molecule has 6 nitrogen and oxygen atoms in total. The first-order valence-electron chi connectivity index (χ1n) is 34.1. The maximum absolute atomic E-state index is 12.5. The molecule has 0 aliphatic heterocycles. The summed E-state index contributed by atoms with van der Waals surface area (Å²) in [5.74, 6) is -0.0496. The van der Waals surface area contributed by atoms with Crippen molar-refractivity contribution in [1.29, 1.82) is 0 Å². The van der Waals surface area contributed by atoms with Crippen molar-refractivity contribution in [1.82, 2.24) is 5.32 Å². The molecule has 0 radical (unpaired) electrons. The molecular weight excluding hydrogens is 923 g/mol. The zero-order valence-electron chi connectivity index (χ0n) is 50.8. The van der Waals surface area contributed by atoms with E-state index >= 15 is 0 Å². The Morgan fingerprint density at radius 1 is 0.360 bits per heavy atom. The van der Waals surface area contributed by atoms with Crippen molar-refractivity contribution < 1.29 is 24.5 Å². The number of carbonyl (C=O) groups excluding carboxylic acids is 2. The lowest BCUT2D eigenvalue weighted by atomic mass is 10.0. The van der Waals surface area contributed by atoms with Crippen LogP contribution in [0.3, 0.4) is 0 Å². The Morgan fingerprint density at radius 3 is 0.947 bits per heavy atom. The number of amides is 1. The molecule has 0 saturated carbocycles. The third-order valence-corrected chi connectivity index (χ3v) is 16.0. The van der Waals surface area contributed by atoms with Gasteiger partial charge in [-0.2, -0.15) is 0 Å². The van der Waals surface area contributed by atoms with Crippen LogP contribution in [0.5, 0.6) is 0 Å². The van der Waals surface area contributed by atoms with Crippen LogP contribution in [0, 0.1) is 0 Å². The van der Waals surface area contributed by atoms with E-state index in [1.165, 1.54) is 315 Å². The number of esters is 1. The van der Waals surface area contributed by atoms with Crippen LogP contribution in [0.2, 0.25) is 0 Å². The average Bonchev–Trinajstić information content (AvgIpc) is 3.41. The van der Waals surface area contributed by atoms with Crippen molar-refractivity contribution >= 4 is 11.9 Å². The van der Waals surface area contributed by atoms with E-state index in [1.807, 2.05) is 6.08 Å². The maximum Gasteiger partial charge on any atom is 0.305 e. The highest BCUT2D eigenvalue weighted by molar-refractivity contribution is 5.76. The topological polar surface area (TPSA) is 95.9 Å². The van der Waals surface area contributed by atoms with Crippen LogP contribution in [0.25, 0.3) is 0 Å². The van der Waals surface area contributed by atoms with Crippen molar-refractivity contribution in [2.24, 2.45) is 0 Å². The van der Waals surface area contributed by atoms with E-state index in [2.05, 4.69) is 31.3 Å². The molecule has 1 amide bonds. The minimum atomic E-state index is -0.846. The second kappa shape index (κ2) is 64.9. The molecule has 0 rings (SSSR count). The van der Waals surface area contributed by atoms with E-state index in [4.69, 9.17) is 4.74 Å². The van der Waals surface area contributed by atoms with Gasteiger partial charge in [-0.15, -0.1) is 0 Å². The first-order valence-corrected chi connectivity index (χ1v) is 34.1. The second-order valence-corrected chi connectivity index (χ2v) is 23.5. The standard InChI is InChI=1S/C69H133NO5/c1-3-5-7-9-11-13-15-17-19-30-34-37-41-45-49-53-57-61-67(72)66(65-71)70-68(73)62-58-54-50-46-42-38-35-31-28-26-24-22-20-21-23-25-27-29-32-36-40-44-48-52-56-60-64-75-69(74)63-59-55-51-47-43-39-33-18-16-14-12-10-8-6-4-2/h20,22,57,61,66-67,71-72H,3-19,21,23-56,58-60,62-65H2,1-2H3,(H,70,73)/b22-20-,61-57+. The Morgan fingerprint density at radius 2 is 0.627 bits per heavy atom. The lowest BCUT2D eigenvalue weighted by molar-refractivity contribution is -0.143. The van der Waals surface area contributed by atoms with Crippen molar-refractivity contribution in [2.45, 2.75) is 392 Å². The highest BCUT2D eigenvalue weighted by Crippen LogP contribution is 2.18. The lowest BCUT2D eigenvalue weighted by Crippen LogP contribution is -2.45. The zero-order chi connectivity index (χ0) is 54.3. The number of ether oxygens (including phenoxy) is 1. The van der Waals surface area contributed by atoms with Crippen LogP contribution in [0.15, 0.2) is 24.3 Å². The highest BCUT2D eigenvalue weighted by Gasteiger charge is 2.18. The molecule has 0 saturated heterocycles. The molecule has 0 fully saturated rings. The van der Waals surface area contributed by atoms with Crippen LogP contribution in [-0.4, -0.2) is 47.4 Å². The SMILES string of the molecule is CCCCCCCCCCCCCCCCC/C=C/C(O)C(CO)NC(=O)CCCCCCCCCCCC/C=C\CCCCCCCCCCCCCCOC(=O)CCCCCCCCCCCCCCCCC. The summed E-state index contributed by atoms with van der Waals surface area (Å²) in [6, 6.07) is -0.629. The monoisotopic (exact) mass is 1060 g/mol. The van der Waals surface area contributed by atoms with E-state index in [0.29, 0.717) is 19.4 Å². The normalized spacial score (nSPS) is 12.6. The van der Waals surface area contributed by atoms with Gasteiger partial charge < -0.3 is 20.3 Å². The van der Waals surface area contributed by atoms with Crippen molar-refractivity contribution in [2.75, 3.05) is 13.2 Å². The first kappa shape index (κ1) is 73.3. The minimum Gasteiger partial charge on any atom is -0.466 e. The summed E-state index contributed by atoms with van der Waals surface area (Å²) in [6.07, 6.45) is 81.0. The number of unbranched alkanes of at least 4 members (excludes halogenated alkanes) is 51. The summed E-state index contributed by atoms with van der Waals surface area (Å²) in [4.78, 5) is 24.6. The highest BCUT2D eigenvalue weighted by atomic mass is 16.5. The number of hydrogen-bond acceptors (Lipinski definition) is 5. The van der Waals surface area contributed by atoms with Crippen LogP contribution in [0.4, 0.5) is 0 Å². The number of hydrogen-bond donors (Lipinski definition) is 3. The van der Waals surface area contributed by atoms with Gasteiger partial charge in [-0.1, -0.05) is 334 Å².